The molecular formula is C14H17F2NO3. The van der Waals surface area contributed by atoms with Crippen LogP contribution < -0.4 is 10.1 Å². The van der Waals surface area contributed by atoms with Gasteiger partial charge in [-0.15, -0.1) is 0 Å². The maximum absolute atomic E-state index is 12.4. The summed E-state index contributed by atoms with van der Waals surface area (Å²) in [4.78, 5) is 12.1. The summed E-state index contributed by atoms with van der Waals surface area (Å²) in [7, 11) is 0. The molecule has 0 radical (unpaired) electrons. The SMILES string of the molecule is Cc1cccc(OC(F)F)c1NC(=O)C1CCOCC1. The van der Waals surface area contributed by atoms with E-state index in [1.54, 1.807) is 19.1 Å². The Kier molecular flexibility index (Phi) is 4.89. The summed E-state index contributed by atoms with van der Waals surface area (Å²) in [5.41, 5.74) is 0.993. The lowest BCUT2D eigenvalue weighted by Gasteiger charge is -2.22. The predicted molar refractivity (Wildman–Crippen MR) is 70.0 cm³/mol. The predicted octanol–water partition coefficient (Wildman–Crippen LogP) is 2.96. The monoisotopic (exact) mass is 285 g/mol. The molecule has 1 saturated heterocycles. The zero-order valence-electron chi connectivity index (χ0n) is 11.2. The molecule has 0 aromatic heterocycles. The van der Waals surface area contributed by atoms with E-state index in [0.29, 0.717) is 37.3 Å². The van der Waals surface area contributed by atoms with Crippen LogP contribution in [0.5, 0.6) is 5.75 Å². The van der Waals surface area contributed by atoms with E-state index in [9.17, 15) is 13.6 Å². The lowest BCUT2D eigenvalue weighted by atomic mass is 9.99. The lowest BCUT2D eigenvalue weighted by molar-refractivity contribution is -0.122. The normalized spacial score (nSPS) is 16.2. The molecule has 1 heterocycles. The van der Waals surface area contributed by atoms with Gasteiger partial charge in [0.05, 0.1) is 5.69 Å². The molecule has 0 spiro atoms. The van der Waals surface area contributed by atoms with Gasteiger partial charge in [0, 0.05) is 19.1 Å². The van der Waals surface area contributed by atoms with Crippen molar-refractivity contribution in [1.29, 1.82) is 0 Å². The van der Waals surface area contributed by atoms with E-state index < -0.39 is 6.61 Å². The van der Waals surface area contributed by atoms with Crippen molar-refractivity contribution >= 4 is 11.6 Å². The zero-order chi connectivity index (χ0) is 14.5. The Balaban J connectivity index is 2.12. The average Bonchev–Trinajstić information content (AvgIpc) is 2.43. The van der Waals surface area contributed by atoms with Crippen LogP contribution in [0, 0.1) is 12.8 Å². The van der Waals surface area contributed by atoms with Crippen molar-refractivity contribution in [1.82, 2.24) is 0 Å². The summed E-state index contributed by atoms with van der Waals surface area (Å²) in [6, 6.07) is 4.76. The third-order valence-corrected chi connectivity index (χ3v) is 3.29. The van der Waals surface area contributed by atoms with Crippen LogP contribution >= 0.6 is 0 Å². The van der Waals surface area contributed by atoms with Crippen LogP contribution in [0.3, 0.4) is 0 Å². The Bertz CT molecular complexity index is 473. The van der Waals surface area contributed by atoms with Gasteiger partial charge in [-0.2, -0.15) is 8.78 Å². The molecule has 1 fully saturated rings. The molecule has 1 aromatic rings. The topological polar surface area (TPSA) is 47.6 Å². The molecule has 4 nitrogen and oxygen atoms in total. The molecule has 0 atom stereocenters. The molecule has 110 valence electrons. The summed E-state index contributed by atoms with van der Waals surface area (Å²) < 4.78 is 34.4. The summed E-state index contributed by atoms with van der Waals surface area (Å²) >= 11 is 0. The highest BCUT2D eigenvalue weighted by Gasteiger charge is 2.23. The van der Waals surface area contributed by atoms with Crippen LogP contribution in [-0.2, 0) is 9.53 Å². The molecule has 1 N–H and O–H groups in total. The molecule has 0 saturated carbocycles. The number of carbonyl (C=O) groups is 1. The van der Waals surface area contributed by atoms with Gasteiger partial charge in [0.25, 0.3) is 0 Å². The lowest BCUT2D eigenvalue weighted by Crippen LogP contribution is -2.29. The number of rotatable bonds is 4. The number of carbonyl (C=O) groups excluding carboxylic acids is 1. The van der Waals surface area contributed by atoms with E-state index in [1.165, 1.54) is 6.07 Å². The van der Waals surface area contributed by atoms with Crippen LogP contribution in [0.1, 0.15) is 18.4 Å². The minimum Gasteiger partial charge on any atom is -0.433 e. The van der Waals surface area contributed by atoms with Gasteiger partial charge in [-0.05, 0) is 31.4 Å². The fraction of sp³-hybridized carbons (Fsp3) is 0.500. The fourth-order valence-electron chi connectivity index (χ4n) is 2.18. The van der Waals surface area contributed by atoms with Crippen molar-refractivity contribution < 1.29 is 23.0 Å². The number of benzene rings is 1. The van der Waals surface area contributed by atoms with Crippen LogP contribution in [0.25, 0.3) is 0 Å². The highest BCUT2D eigenvalue weighted by Crippen LogP contribution is 2.30. The first-order chi connectivity index (χ1) is 9.58. The number of aryl methyl sites for hydroxylation is 1. The fourth-order valence-corrected chi connectivity index (χ4v) is 2.18. The Morgan fingerprint density at radius 1 is 1.40 bits per heavy atom. The second kappa shape index (κ2) is 6.65. The van der Waals surface area contributed by atoms with Gasteiger partial charge in [-0.25, -0.2) is 0 Å². The number of hydrogen-bond donors (Lipinski definition) is 1. The number of halogens is 2. The van der Waals surface area contributed by atoms with E-state index in [-0.39, 0.29) is 17.6 Å². The molecule has 6 heteroatoms. The van der Waals surface area contributed by atoms with E-state index in [4.69, 9.17) is 4.74 Å². The van der Waals surface area contributed by atoms with Gasteiger partial charge in [0.2, 0.25) is 5.91 Å². The molecule has 2 rings (SSSR count). The Morgan fingerprint density at radius 3 is 2.75 bits per heavy atom. The van der Waals surface area contributed by atoms with Gasteiger partial charge in [-0.1, -0.05) is 12.1 Å². The van der Waals surface area contributed by atoms with Crippen molar-refractivity contribution in [2.75, 3.05) is 18.5 Å². The number of alkyl halides is 2. The Labute approximate surface area is 116 Å². The molecular weight excluding hydrogens is 268 g/mol. The number of anilines is 1. The molecule has 1 amide bonds. The summed E-state index contributed by atoms with van der Waals surface area (Å²) in [6.45, 7) is -0.0910. The Hall–Kier alpha value is -1.69. The first kappa shape index (κ1) is 14.7. The molecule has 0 aliphatic carbocycles. The molecule has 20 heavy (non-hydrogen) atoms. The van der Waals surface area contributed by atoms with Crippen molar-refractivity contribution in [3.63, 3.8) is 0 Å². The van der Waals surface area contributed by atoms with Crippen LogP contribution in [0.15, 0.2) is 18.2 Å². The summed E-state index contributed by atoms with van der Waals surface area (Å²) in [5, 5.41) is 2.70. The highest BCUT2D eigenvalue weighted by molar-refractivity contribution is 5.94. The summed E-state index contributed by atoms with van der Waals surface area (Å²) in [5.74, 6) is -0.343. The van der Waals surface area contributed by atoms with Gasteiger partial charge in [0.1, 0.15) is 5.75 Å². The molecule has 0 bridgehead atoms. The molecule has 1 aliphatic rings. The molecule has 1 aliphatic heterocycles. The quantitative estimate of drug-likeness (QED) is 0.925. The number of amides is 1. The van der Waals surface area contributed by atoms with Crippen molar-refractivity contribution in [3.05, 3.63) is 23.8 Å². The maximum Gasteiger partial charge on any atom is 0.387 e. The highest BCUT2D eigenvalue weighted by atomic mass is 19.3. The van der Waals surface area contributed by atoms with E-state index in [0.717, 1.165) is 0 Å². The molecule has 0 unspecified atom stereocenters. The smallest absolute Gasteiger partial charge is 0.387 e. The number of hydrogen-bond acceptors (Lipinski definition) is 3. The third kappa shape index (κ3) is 3.66. The average molecular weight is 285 g/mol. The summed E-state index contributed by atoms with van der Waals surface area (Å²) in [6.07, 6.45) is 1.28. The van der Waals surface area contributed by atoms with Crippen LogP contribution in [-0.4, -0.2) is 25.7 Å². The van der Waals surface area contributed by atoms with Crippen molar-refractivity contribution in [2.24, 2.45) is 5.92 Å². The van der Waals surface area contributed by atoms with E-state index in [1.807, 2.05) is 0 Å². The van der Waals surface area contributed by atoms with Gasteiger partial charge < -0.3 is 14.8 Å². The molecule has 1 aromatic carbocycles. The second-order valence-electron chi connectivity index (χ2n) is 4.70. The number of ether oxygens (including phenoxy) is 2. The van der Waals surface area contributed by atoms with Crippen LogP contribution in [0.2, 0.25) is 0 Å². The largest absolute Gasteiger partial charge is 0.433 e. The van der Waals surface area contributed by atoms with Gasteiger partial charge in [0.15, 0.2) is 0 Å². The van der Waals surface area contributed by atoms with Crippen LogP contribution in [0.4, 0.5) is 14.5 Å². The van der Waals surface area contributed by atoms with E-state index in [2.05, 4.69) is 10.1 Å². The van der Waals surface area contributed by atoms with Gasteiger partial charge >= 0.3 is 6.61 Å². The number of nitrogens with one attached hydrogen (secondary N) is 1. The first-order valence-electron chi connectivity index (χ1n) is 6.51. The van der Waals surface area contributed by atoms with Gasteiger partial charge in [-0.3, -0.25) is 4.79 Å². The Morgan fingerprint density at radius 2 is 2.10 bits per heavy atom. The second-order valence-corrected chi connectivity index (χ2v) is 4.70. The zero-order valence-corrected chi connectivity index (χ0v) is 11.2. The minimum atomic E-state index is -2.92. The van der Waals surface area contributed by atoms with E-state index >= 15 is 0 Å². The number of para-hydroxylation sites is 1. The third-order valence-electron chi connectivity index (χ3n) is 3.29. The first-order valence-corrected chi connectivity index (χ1v) is 6.51. The standard InChI is InChI=1S/C14H17F2NO3/c1-9-3-2-4-11(20-14(15)16)12(9)17-13(18)10-5-7-19-8-6-10/h2-4,10,14H,5-8H2,1H3,(H,17,18). The maximum atomic E-state index is 12.4. The minimum absolute atomic E-state index is 0.0135. The van der Waals surface area contributed by atoms with Crippen molar-refractivity contribution in [2.45, 2.75) is 26.4 Å². The van der Waals surface area contributed by atoms with Crippen molar-refractivity contribution in [3.8, 4) is 5.75 Å².